The molecule has 0 aliphatic rings. The molecule has 20 heavy (non-hydrogen) atoms. The normalized spacial score (nSPS) is 10.3. The van der Waals surface area contributed by atoms with Gasteiger partial charge < -0.3 is 10.6 Å². The third kappa shape index (κ3) is 3.24. The van der Waals surface area contributed by atoms with Crippen molar-refractivity contribution in [2.24, 2.45) is 0 Å². The second-order valence-corrected chi connectivity index (χ2v) is 4.64. The molecule has 0 aliphatic heterocycles. The summed E-state index contributed by atoms with van der Waals surface area (Å²) >= 11 is 5.90. The Labute approximate surface area is 122 Å². The quantitative estimate of drug-likeness (QED) is 0.938. The zero-order chi connectivity index (χ0) is 14.5. The number of nitrogen functional groups attached to an aromatic ring is 1. The average molecular weight is 291 g/mol. The van der Waals surface area contributed by atoms with Gasteiger partial charge in [0.05, 0.1) is 22.8 Å². The number of carbonyl (C=O) groups excluding carboxylic acids is 1. The van der Waals surface area contributed by atoms with Gasteiger partial charge in [0.25, 0.3) is 5.91 Å². The summed E-state index contributed by atoms with van der Waals surface area (Å²) in [7, 11) is 0. The van der Waals surface area contributed by atoms with Gasteiger partial charge in [-0.05, 0) is 25.1 Å². The van der Waals surface area contributed by atoms with Gasteiger partial charge in [0.15, 0.2) is 0 Å². The number of pyridine rings is 2. The van der Waals surface area contributed by atoms with Crippen molar-refractivity contribution in [2.45, 2.75) is 13.5 Å². The minimum atomic E-state index is -0.146. The Kier molecular flexibility index (Phi) is 4.53. The van der Waals surface area contributed by atoms with Gasteiger partial charge in [0.1, 0.15) is 5.82 Å². The highest BCUT2D eigenvalue weighted by Crippen LogP contribution is 2.18. The van der Waals surface area contributed by atoms with Crippen molar-refractivity contribution in [3.63, 3.8) is 0 Å². The molecule has 2 heterocycles. The van der Waals surface area contributed by atoms with E-state index in [1.54, 1.807) is 11.1 Å². The van der Waals surface area contributed by atoms with Gasteiger partial charge >= 0.3 is 0 Å². The van der Waals surface area contributed by atoms with Crippen molar-refractivity contribution in [1.82, 2.24) is 14.9 Å². The van der Waals surface area contributed by atoms with Crippen LogP contribution in [0.5, 0.6) is 0 Å². The highest BCUT2D eigenvalue weighted by Gasteiger charge is 2.16. The van der Waals surface area contributed by atoms with Crippen molar-refractivity contribution in [3.8, 4) is 0 Å². The van der Waals surface area contributed by atoms with Crippen LogP contribution in [0.4, 0.5) is 5.82 Å². The first-order valence-corrected chi connectivity index (χ1v) is 6.59. The average Bonchev–Trinajstić information content (AvgIpc) is 2.48. The van der Waals surface area contributed by atoms with Gasteiger partial charge in [-0.15, -0.1) is 0 Å². The van der Waals surface area contributed by atoms with E-state index in [9.17, 15) is 4.79 Å². The van der Waals surface area contributed by atoms with Crippen molar-refractivity contribution in [3.05, 3.63) is 52.9 Å². The lowest BCUT2D eigenvalue weighted by Crippen LogP contribution is -2.30. The smallest absolute Gasteiger partial charge is 0.255 e. The molecule has 1 amide bonds. The Balaban J connectivity index is 2.18. The molecule has 0 saturated carbocycles. The van der Waals surface area contributed by atoms with Crippen molar-refractivity contribution >= 4 is 23.3 Å². The molecular weight excluding hydrogens is 276 g/mol. The molecule has 0 aliphatic carbocycles. The predicted molar refractivity (Wildman–Crippen MR) is 78.3 cm³/mol. The molecule has 0 saturated heterocycles. The third-order valence-electron chi connectivity index (χ3n) is 2.86. The molecule has 6 heteroatoms. The Morgan fingerprint density at radius 2 is 2.20 bits per heavy atom. The Morgan fingerprint density at radius 3 is 2.80 bits per heavy atom. The van der Waals surface area contributed by atoms with Crippen molar-refractivity contribution < 1.29 is 4.79 Å². The number of hydrogen-bond acceptors (Lipinski definition) is 4. The van der Waals surface area contributed by atoms with Gasteiger partial charge in [-0.2, -0.15) is 0 Å². The molecular formula is C14H15ClN4O. The summed E-state index contributed by atoms with van der Waals surface area (Å²) in [6.45, 7) is 2.92. The van der Waals surface area contributed by atoms with E-state index in [4.69, 9.17) is 17.3 Å². The summed E-state index contributed by atoms with van der Waals surface area (Å²) in [5, 5.41) is 0.282. The number of amides is 1. The van der Waals surface area contributed by atoms with E-state index in [0.717, 1.165) is 5.69 Å². The van der Waals surface area contributed by atoms with Crippen molar-refractivity contribution in [1.29, 1.82) is 0 Å². The summed E-state index contributed by atoms with van der Waals surface area (Å²) in [6, 6.07) is 7.14. The van der Waals surface area contributed by atoms with Crippen LogP contribution in [-0.4, -0.2) is 27.3 Å². The van der Waals surface area contributed by atoms with Gasteiger partial charge in [0.2, 0.25) is 0 Å². The molecule has 2 rings (SSSR count). The number of halogens is 1. The summed E-state index contributed by atoms with van der Waals surface area (Å²) in [5.74, 6) is 0.0727. The minimum Gasteiger partial charge on any atom is -0.382 e. The Morgan fingerprint density at radius 1 is 1.40 bits per heavy atom. The maximum atomic E-state index is 12.4. The van der Waals surface area contributed by atoms with E-state index >= 15 is 0 Å². The molecule has 0 aromatic carbocycles. The lowest BCUT2D eigenvalue weighted by atomic mass is 10.2. The number of nitrogens with zero attached hydrogens (tertiary/aromatic N) is 3. The van der Waals surface area contributed by atoms with Crippen molar-refractivity contribution in [2.75, 3.05) is 12.3 Å². The fourth-order valence-electron chi connectivity index (χ4n) is 1.76. The SMILES string of the molecule is CCN(Cc1ccccn1)C(=O)c1cnc(N)c(Cl)c1. The molecule has 104 valence electrons. The van der Waals surface area contributed by atoms with Crippen LogP contribution < -0.4 is 5.73 Å². The zero-order valence-corrected chi connectivity index (χ0v) is 11.8. The molecule has 2 aromatic rings. The third-order valence-corrected chi connectivity index (χ3v) is 3.17. The fraction of sp³-hybridized carbons (Fsp3) is 0.214. The van der Waals surface area contributed by atoms with E-state index in [2.05, 4.69) is 9.97 Å². The molecule has 0 spiro atoms. The number of anilines is 1. The number of rotatable bonds is 4. The highest BCUT2D eigenvalue weighted by atomic mass is 35.5. The lowest BCUT2D eigenvalue weighted by molar-refractivity contribution is 0.0750. The van der Waals surface area contributed by atoms with Gasteiger partial charge in [-0.1, -0.05) is 17.7 Å². The van der Waals surface area contributed by atoms with Crippen LogP contribution >= 0.6 is 11.6 Å². The van der Waals surface area contributed by atoms with Crippen LogP contribution in [0.2, 0.25) is 5.02 Å². The molecule has 0 unspecified atom stereocenters. The molecule has 2 aromatic heterocycles. The summed E-state index contributed by atoms with van der Waals surface area (Å²) in [4.78, 5) is 22.2. The number of nitrogens with two attached hydrogens (primary N) is 1. The number of aromatic nitrogens is 2. The monoisotopic (exact) mass is 290 g/mol. The van der Waals surface area contributed by atoms with E-state index in [1.165, 1.54) is 12.3 Å². The van der Waals surface area contributed by atoms with Crippen LogP contribution in [-0.2, 0) is 6.54 Å². The van der Waals surface area contributed by atoms with Crippen LogP contribution in [0.3, 0.4) is 0 Å². The lowest BCUT2D eigenvalue weighted by Gasteiger charge is -2.20. The topological polar surface area (TPSA) is 72.1 Å². The number of hydrogen-bond donors (Lipinski definition) is 1. The van der Waals surface area contributed by atoms with Gasteiger partial charge in [0, 0.05) is 18.9 Å². The number of carbonyl (C=O) groups is 1. The van der Waals surface area contributed by atoms with Crippen LogP contribution in [0.1, 0.15) is 23.0 Å². The van der Waals surface area contributed by atoms with Crippen LogP contribution in [0.25, 0.3) is 0 Å². The summed E-state index contributed by atoms with van der Waals surface area (Å²) in [5.41, 5.74) is 6.79. The standard InChI is InChI=1S/C14H15ClN4O/c1-2-19(9-11-5-3-4-6-17-11)14(20)10-7-12(15)13(16)18-8-10/h3-8H,2,9H2,1H3,(H2,16,18). The van der Waals surface area contributed by atoms with Gasteiger partial charge in [-0.25, -0.2) is 4.98 Å². The first kappa shape index (κ1) is 14.3. The Bertz CT molecular complexity index is 603. The molecule has 5 nitrogen and oxygen atoms in total. The Hall–Kier alpha value is -2.14. The zero-order valence-electron chi connectivity index (χ0n) is 11.1. The van der Waals surface area contributed by atoms with E-state index in [-0.39, 0.29) is 16.7 Å². The van der Waals surface area contributed by atoms with Crippen LogP contribution in [0, 0.1) is 0 Å². The maximum Gasteiger partial charge on any atom is 0.255 e. The fourth-order valence-corrected chi connectivity index (χ4v) is 1.93. The first-order valence-electron chi connectivity index (χ1n) is 6.22. The summed E-state index contributed by atoms with van der Waals surface area (Å²) < 4.78 is 0. The molecule has 0 fully saturated rings. The second-order valence-electron chi connectivity index (χ2n) is 4.23. The highest BCUT2D eigenvalue weighted by molar-refractivity contribution is 6.33. The van der Waals surface area contributed by atoms with E-state index in [0.29, 0.717) is 18.7 Å². The molecule has 2 N–H and O–H groups in total. The second kappa shape index (κ2) is 6.34. The largest absolute Gasteiger partial charge is 0.382 e. The van der Waals surface area contributed by atoms with E-state index in [1.807, 2.05) is 25.1 Å². The molecule has 0 radical (unpaired) electrons. The van der Waals surface area contributed by atoms with E-state index < -0.39 is 0 Å². The maximum absolute atomic E-state index is 12.4. The predicted octanol–water partition coefficient (Wildman–Crippen LogP) is 2.37. The molecule has 0 bridgehead atoms. The molecule has 0 atom stereocenters. The first-order chi connectivity index (χ1) is 9.61. The van der Waals surface area contributed by atoms with Crippen LogP contribution in [0.15, 0.2) is 36.7 Å². The van der Waals surface area contributed by atoms with Gasteiger partial charge in [-0.3, -0.25) is 9.78 Å². The summed E-state index contributed by atoms with van der Waals surface area (Å²) in [6.07, 6.45) is 3.14. The minimum absolute atomic E-state index is 0.146.